The summed E-state index contributed by atoms with van der Waals surface area (Å²) in [5, 5.41) is 13.8. The molecule has 0 amide bonds. The number of nitrogens with one attached hydrogen (secondary N) is 1. The monoisotopic (exact) mass is 287 g/mol. The average Bonchev–Trinajstić information content (AvgIpc) is 2.56. The van der Waals surface area contributed by atoms with Gasteiger partial charge in [-0.2, -0.15) is 0 Å². The van der Waals surface area contributed by atoms with Crippen LogP contribution in [-0.2, 0) is 0 Å². The van der Waals surface area contributed by atoms with Gasteiger partial charge in [-0.25, -0.2) is 0 Å². The van der Waals surface area contributed by atoms with Gasteiger partial charge in [-0.3, -0.25) is 0 Å². The molecule has 2 rings (SSSR count). The van der Waals surface area contributed by atoms with Gasteiger partial charge in [0.1, 0.15) is 0 Å². The zero-order chi connectivity index (χ0) is 15.1. The van der Waals surface area contributed by atoms with Crippen LogP contribution >= 0.6 is 0 Å². The molecule has 1 aliphatic carbocycles. The summed E-state index contributed by atoms with van der Waals surface area (Å²) in [4.78, 5) is 0. The maximum Gasteiger partial charge on any atom is 0.0942 e. The molecule has 0 radical (unpaired) electrons. The second-order valence-electron chi connectivity index (χ2n) is 6.16. The topological polar surface area (TPSA) is 32.3 Å². The first-order chi connectivity index (χ1) is 10.3. The zero-order valence-corrected chi connectivity index (χ0v) is 13.2. The number of hydrogen-bond acceptors (Lipinski definition) is 2. The first kappa shape index (κ1) is 16.3. The molecule has 21 heavy (non-hydrogen) atoms. The average molecular weight is 287 g/mol. The molecule has 1 aromatic rings. The van der Waals surface area contributed by atoms with Gasteiger partial charge in [-0.05, 0) is 36.3 Å². The van der Waals surface area contributed by atoms with E-state index in [-0.39, 0.29) is 6.04 Å². The molecule has 2 nitrogen and oxygen atoms in total. The van der Waals surface area contributed by atoms with E-state index in [1.807, 2.05) is 6.08 Å². The van der Waals surface area contributed by atoms with Gasteiger partial charge in [0.05, 0.1) is 6.10 Å². The van der Waals surface area contributed by atoms with Crippen LogP contribution in [0.3, 0.4) is 0 Å². The third-order valence-electron chi connectivity index (χ3n) is 4.70. The largest absolute Gasteiger partial charge is 0.387 e. The summed E-state index contributed by atoms with van der Waals surface area (Å²) < 4.78 is 0. The number of benzene rings is 1. The fraction of sp³-hybridized carbons (Fsp3) is 0.579. The van der Waals surface area contributed by atoms with Crippen LogP contribution in [0.25, 0.3) is 0 Å². The van der Waals surface area contributed by atoms with Crippen LogP contribution in [0.15, 0.2) is 36.9 Å². The van der Waals surface area contributed by atoms with Gasteiger partial charge in [0.15, 0.2) is 0 Å². The van der Waals surface area contributed by atoms with E-state index in [1.165, 1.54) is 37.7 Å². The van der Waals surface area contributed by atoms with Gasteiger partial charge in [0.25, 0.3) is 0 Å². The molecule has 0 spiro atoms. The van der Waals surface area contributed by atoms with E-state index in [2.05, 4.69) is 43.1 Å². The fourth-order valence-electron chi connectivity index (χ4n) is 3.35. The molecule has 2 atom stereocenters. The molecule has 0 bridgehead atoms. The van der Waals surface area contributed by atoms with E-state index in [4.69, 9.17) is 0 Å². The van der Waals surface area contributed by atoms with Crippen molar-refractivity contribution in [3.05, 3.63) is 48.0 Å². The molecule has 1 aromatic carbocycles. The third kappa shape index (κ3) is 4.42. The van der Waals surface area contributed by atoms with Crippen LogP contribution in [0.2, 0.25) is 0 Å². The summed E-state index contributed by atoms with van der Waals surface area (Å²) in [7, 11) is 0. The minimum atomic E-state index is -0.449. The van der Waals surface area contributed by atoms with E-state index in [0.29, 0.717) is 0 Å². The van der Waals surface area contributed by atoms with Crippen molar-refractivity contribution in [2.75, 3.05) is 6.54 Å². The van der Waals surface area contributed by atoms with Gasteiger partial charge in [-0.15, -0.1) is 6.58 Å². The van der Waals surface area contributed by atoms with E-state index in [9.17, 15) is 5.11 Å². The smallest absolute Gasteiger partial charge is 0.0942 e. The molecule has 0 heterocycles. The SMILES string of the molecule is C=CCNC(CC)C(O)c1ccc(C2CCCCC2)cc1. The van der Waals surface area contributed by atoms with Gasteiger partial charge in [-0.1, -0.05) is 56.5 Å². The van der Waals surface area contributed by atoms with Crippen molar-refractivity contribution in [1.82, 2.24) is 5.32 Å². The Morgan fingerprint density at radius 3 is 2.48 bits per heavy atom. The van der Waals surface area contributed by atoms with Crippen molar-refractivity contribution in [3.63, 3.8) is 0 Å². The van der Waals surface area contributed by atoms with Crippen LogP contribution in [0.1, 0.15) is 68.6 Å². The molecular formula is C19H29NO. The summed E-state index contributed by atoms with van der Waals surface area (Å²) in [6, 6.07) is 8.73. The van der Waals surface area contributed by atoms with Crippen molar-refractivity contribution in [3.8, 4) is 0 Å². The molecule has 1 saturated carbocycles. The van der Waals surface area contributed by atoms with Crippen molar-refractivity contribution in [1.29, 1.82) is 0 Å². The molecule has 2 N–H and O–H groups in total. The predicted molar refractivity (Wildman–Crippen MR) is 89.5 cm³/mol. The molecular weight excluding hydrogens is 258 g/mol. The Hall–Kier alpha value is -1.12. The van der Waals surface area contributed by atoms with Crippen LogP contribution in [0.4, 0.5) is 0 Å². The second kappa shape index (κ2) is 8.35. The summed E-state index contributed by atoms with van der Waals surface area (Å²) in [5.41, 5.74) is 2.45. The highest BCUT2D eigenvalue weighted by molar-refractivity contribution is 5.27. The highest BCUT2D eigenvalue weighted by atomic mass is 16.3. The van der Waals surface area contributed by atoms with E-state index in [0.717, 1.165) is 24.4 Å². The van der Waals surface area contributed by atoms with Crippen LogP contribution in [0, 0.1) is 0 Å². The molecule has 116 valence electrons. The summed E-state index contributed by atoms with van der Waals surface area (Å²) >= 11 is 0. The quantitative estimate of drug-likeness (QED) is 0.732. The van der Waals surface area contributed by atoms with E-state index < -0.39 is 6.10 Å². The maximum absolute atomic E-state index is 10.5. The summed E-state index contributed by atoms with van der Waals surface area (Å²) in [6.07, 6.45) is 9.04. The van der Waals surface area contributed by atoms with E-state index in [1.54, 1.807) is 0 Å². The molecule has 1 fully saturated rings. The lowest BCUT2D eigenvalue weighted by molar-refractivity contribution is 0.128. The van der Waals surface area contributed by atoms with Crippen molar-refractivity contribution in [2.24, 2.45) is 0 Å². The summed E-state index contributed by atoms with van der Waals surface area (Å²) in [5.74, 6) is 0.728. The van der Waals surface area contributed by atoms with Gasteiger partial charge in [0, 0.05) is 12.6 Å². The second-order valence-corrected chi connectivity index (χ2v) is 6.16. The van der Waals surface area contributed by atoms with Crippen molar-refractivity contribution >= 4 is 0 Å². The lowest BCUT2D eigenvalue weighted by Crippen LogP contribution is -2.34. The Bertz CT molecular complexity index is 420. The zero-order valence-electron chi connectivity index (χ0n) is 13.2. The third-order valence-corrected chi connectivity index (χ3v) is 4.70. The van der Waals surface area contributed by atoms with E-state index >= 15 is 0 Å². The minimum Gasteiger partial charge on any atom is -0.387 e. The highest BCUT2D eigenvalue weighted by Crippen LogP contribution is 2.33. The van der Waals surface area contributed by atoms with Crippen LogP contribution in [-0.4, -0.2) is 17.7 Å². The van der Waals surface area contributed by atoms with Gasteiger partial charge >= 0.3 is 0 Å². The van der Waals surface area contributed by atoms with Crippen LogP contribution < -0.4 is 5.32 Å². The Balaban J connectivity index is 2.01. The Kier molecular flexibility index (Phi) is 6.47. The normalized spacial score (nSPS) is 19.1. The number of rotatable bonds is 7. The first-order valence-electron chi connectivity index (χ1n) is 8.38. The highest BCUT2D eigenvalue weighted by Gasteiger charge is 2.19. The number of aliphatic hydroxyl groups is 1. The lowest BCUT2D eigenvalue weighted by Gasteiger charge is -2.25. The lowest BCUT2D eigenvalue weighted by atomic mass is 9.83. The molecule has 2 heteroatoms. The number of hydrogen-bond donors (Lipinski definition) is 2. The van der Waals surface area contributed by atoms with Crippen molar-refractivity contribution < 1.29 is 5.11 Å². The maximum atomic E-state index is 10.5. The van der Waals surface area contributed by atoms with Gasteiger partial charge in [0.2, 0.25) is 0 Å². The minimum absolute atomic E-state index is 0.0866. The number of aliphatic hydroxyl groups excluding tert-OH is 1. The molecule has 0 saturated heterocycles. The molecule has 0 aliphatic heterocycles. The van der Waals surface area contributed by atoms with Crippen LogP contribution in [0.5, 0.6) is 0 Å². The predicted octanol–water partition coefficient (Wildman–Crippen LogP) is 4.32. The Morgan fingerprint density at radius 2 is 1.90 bits per heavy atom. The Morgan fingerprint density at radius 1 is 1.24 bits per heavy atom. The molecule has 2 unspecified atom stereocenters. The van der Waals surface area contributed by atoms with Gasteiger partial charge < -0.3 is 10.4 Å². The summed E-state index contributed by atoms with van der Waals surface area (Å²) in [6.45, 7) is 6.55. The Labute approximate surface area is 129 Å². The van der Waals surface area contributed by atoms with Crippen molar-refractivity contribution in [2.45, 2.75) is 63.5 Å². The standard InChI is InChI=1S/C19H29NO/c1-3-14-20-18(4-2)19(21)17-12-10-16(11-13-17)15-8-6-5-7-9-15/h3,10-13,15,18-21H,1,4-9,14H2,2H3. The molecule has 1 aliphatic rings. The fourth-order valence-corrected chi connectivity index (χ4v) is 3.35. The molecule has 0 aromatic heterocycles. The first-order valence-corrected chi connectivity index (χ1v) is 8.38.